The summed E-state index contributed by atoms with van der Waals surface area (Å²) in [5.41, 5.74) is 1.71. The van der Waals surface area contributed by atoms with Gasteiger partial charge in [-0.15, -0.1) is 0 Å². The SMILES string of the molecule is CCCOc1ccccc1C(=O)NC(=S)Nc1ccc(C(=O)N(CC)CC)cc1. The number of hydrogen-bond donors (Lipinski definition) is 2. The number of thiocarbonyl (C=S) groups is 1. The first-order chi connectivity index (χ1) is 14.0. The molecule has 2 aromatic rings. The molecule has 7 heteroatoms. The van der Waals surface area contributed by atoms with Crippen LogP contribution in [0.25, 0.3) is 0 Å². The number of rotatable bonds is 8. The van der Waals surface area contributed by atoms with Crippen molar-refractivity contribution in [2.24, 2.45) is 0 Å². The number of para-hydroxylation sites is 1. The van der Waals surface area contributed by atoms with Crippen LogP contribution in [0.3, 0.4) is 0 Å². The van der Waals surface area contributed by atoms with Crippen LogP contribution < -0.4 is 15.4 Å². The number of hydrogen-bond acceptors (Lipinski definition) is 4. The molecule has 0 aromatic heterocycles. The largest absolute Gasteiger partial charge is 0.493 e. The highest BCUT2D eigenvalue weighted by atomic mass is 32.1. The van der Waals surface area contributed by atoms with Gasteiger partial charge in [0.05, 0.1) is 12.2 Å². The van der Waals surface area contributed by atoms with E-state index in [0.717, 1.165) is 6.42 Å². The van der Waals surface area contributed by atoms with Gasteiger partial charge in [0.2, 0.25) is 0 Å². The first kappa shape index (κ1) is 22.4. The van der Waals surface area contributed by atoms with Gasteiger partial charge in [-0.05, 0) is 68.9 Å². The Morgan fingerprint density at radius 1 is 1.00 bits per heavy atom. The van der Waals surface area contributed by atoms with Crippen molar-refractivity contribution in [1.82, 2.24) is 10.2 Å². The molecular formula is C22H27N3O3S. The Kier molecular flexibility index (Phi) is 8.61. The molecule has 0 atom stereocenters. The number of amides is 2. The lowest BCUT2D eigenvalue weighted by Gasteiger charge is -2.18. The molecule has 0 spiro atoms. The minimum absolute atomic E-state index is 0.0129. The molecule has 6 nitrogen and oxygen atoms in total. The van der Waals surface area contributed by atoms with E-state index < -0.39 is 0 Å². The van der Waals surface area contributed by atoms with E-state index in [1.54, 1.807) is 47.4 Å². The lowest BCUT2D eigenvalue weighted by molar-refractivity contribution is 0.0772. The van der Waals surface area contributed by atoms with Crippen LogP contribution in [0.4, 0.5) is 5.69 Å². The summed E-state index contributed by atoms with van der Waals surface area (Å²) in [6.45, 7) is 7.76. The maximum Gasteiger partial charge on any atom is 0.261 e. The highest BCUT2D eigenvalue weighted by molar-refractivity contribution is 7.80. The van der Waals surface area contributed by atoms with Crippen LogP contribution >= 0.6 is 12.2 Å². The van der Waals surface area contributed by atoms with E-state index in [1.807, 2.05) is 26.8 Å². The molecule has 0 aliphatic rings. The zero-order valence-electron chi connectivity index (χ0n) is 17.0. The molecule has 0 radical (unpaired) electrons. The van der Waals surface area contributed by atoms with E-state index in [2.05, 4.69) is 10.6 Å². The van der Waals surface area contributed by atoms with Crippen LogP contribution in [0.15, 0.2) is 48.5 Å². The lowest BCUT2D eigenvalue weighted by atomic mass is 10.1. The predicted molar refractivity (Wildman–Crippen MR) is 120 cm³/mol. The van der Waals surface area contributed by atoms with Crippen molar-refractivity contribution in [3.63, 3.8) is 0 Å². The molecule has 0 aliphatic heterocycles. The first-order valence-corrected chi connectivity index (χ1v) is 10.1. The van der Waals surface area contributed by atoms with Gasteiger partial charge < -0.3 is 15.0 Å². The van der Waals surface area contributed by atoms with Gasteiger partial charge >= 0.3 is 0 Å². The lowest BCUT2D eigenvalue weighted by Crippen LogP contribution is -2.34. The summed E-state index contributed by atoms with van der Waals surface area (Å²) >= 11 is 5.25. The Balaban J connectivity index is 1.99. The third-order valence-corrected chi connectivity index (χ3v) is 4.46. The fourth-order valence-corrected chi connectivity index (χ4v) is 2.92. The standard InChI is InChI=1S/C22H27N3O3S/c1-4-15-28-19-10-8-7-9-18(19)20(26)24-22(29)23-17-13-11-16(12-14-17)21(27)25(5-2)6-3/h7-14H,4-6,15H2,1-3H3,(H2,23,24,26,29). The van der Waals surface area contributed by atoms with Crippen LogP contribution in [0.2, 0.25) is 0 Å². The molecule has 0 bridgehead atoms. The van der Waals surface area contributed by atoms with Gasteiger partial charge in [0.15, 0.2) is 5.11 Å². The first-order valence-electron chi connectivity index (χ1n) is 9.73. The summed E-state index contributed by atoms with van der Waals surface area (Å²) in [5, 5.41) is 5.79. The van der Waals surface area contributed by atoms with E-state index in [1.165, 1.54) is 0 Å². The third kappa shape index (κ3) is 6.29. The van der Waals surface area contributed by atoms with Crippen molar-refractivity contribution in [2.45, 2.75) is 27.2 Å². The molecule has 0 saturated carbocycles. The van der Waals surface area contributed by atoms with Crippen molar-refractivity contribution in [1.29, 1.82) is 0 Å². The number of anilines is 1. The second-order valence-electron chi connectivity index (χ2n) is 6.31. The summed E-state index contributed by atoms with van der Waals surface area (Å²) < 4.78 is 5.62. The molecule has 154 valence electrons. The molecule has 2 rings (SSSR count). The van der Waals surface area contributed by atoms with Crippen molar-refractivity contribution < 1.29 is 14.3 Å². The Morgan fingerprint density at radius 3 is 2.28 bits per heavy atom. The molecule has 29 heavy (non-hydrogen) atoms. The maximum atomic E-state index is 12.5. The zero-order chi connectivity index (χ0) is 21.2. The molecule has 0 aliphatic carbocycles. The van der Waals surface area contributed by atoms with Crippen molar-refractivity contribution in [2.75, 3.05) is 25.0 Å². The topological polar surface area (TPSA) is 70.7 Å². The Morgan fingerprint density at radius 2 is 1.66 bits per heavy atom. The number of carbonyl (C=O) groups is 2. The average Bonchev–Trinajstić information content (AvgIpc) is 2.73. The summed E-state index contributed by atoms with van der Waals surface area (Å²) in [6, 6.07) is 14.0. The predicted octanol–water partition coefficient (Wildman–Crippen LogP) is 4.08. The summed E-state index contributed by atoms with van der Waals surface area (Å²) in [6.07, 6.45) is 0.850. The number of nitrogens with one attached hydrogen (secondary N) is 2. The fourth-order valence-electron chi connectivity index (χ4n) is 2.71. The molecule has 0 unspecified atom stereocenters. The van der Waals surface area contributed by atoms with Crippen molar-refractivity contribution in [3.8, 4) is 5.75 Å². The molecular weight excluding hydrogens is 386 g/mol. The van der Waals surface area contributed by atoms with E-state index in [-0.39, 0.29) is 16.9 Å². The summed E-state index contributed by atoms with van der Waals surface area (Å²) in [5.74, 6) is 0.164. The number of benzene rings is 2. The average molecular weight is 414 g/mol. The highest BCUT2D eigenvalue weighted by Crippen LogP contribution is 2.18. The normalized spacial score (nSPS) is 10.2. The Labute approximate surface area is 177 Å². The van der Waals surface area contributed by atoms with Gasteiger partial charge in [0, 0.05) is 24.3 Å². The van der Waals surface area contributed by atoms with Crippen LogP contribution in [0, 0.1) is 0 Å². The van der Waals surface area contributed by atoms with Crippen LogP contribution in [0.5, 0.6) is 5.75 Å². The van der Waals surface area contributed by atoms with Gasteiger partial charge in [0.25, 0.3) is 11.8 Å². The van der Waals surface area contributed by atoms with Gasteiger partial charge in [-0.3, -0.25) is 14.9 Å². The fraction of sp³-hybridized carbons (Fsp3) is 0.318. The Hall–Kier alpha value is -2.93. The molecule has 0 fully saturated rings. The molecule has 2 aromatic carbocycles. The third-order valence-electron chi connectivity index (χ3n) is 4.26. The number of carbonyl (C=O) groups excluding carboxylic acids is 2. The van der Waals surface area contributed by atoms with Crippen LogP contribution in [-0.2, 0) is 0 Å². The highest BCUT2D eigenvalue weighted by Gasteiger charge is 2.14. The minimum Gasteiger partial charge on any atom is -0.493 e. The molecule has 0 saturated heterocycles. The van der Waals surface area contributed by atoms with E-state index in [9.17, 15) is 9.59 Å². The summed E-state index contributed by atoms with van der Waals surface area (Å²) in [7, 11) is 0. The second-order valence-corrected chi connectivity index (χ2v) is 6.72. The Bertz CT molecular complexity index is 849. The number of ether oxygens (including phenoxy) is 1. The van der Waals surface area contributed by atoms with Crippen molar-refractivity contribution >= 4 is 34.8 Å². The molecule has 0 heterocycles. The van der Waals surface area contributed by atoms with Gasteiger partial charge in [-0.25, -0.2) is 0 Å². The molecule has 2 amide bonds. The van der Waals surface area contributed by atoms with E-state index in [0.29, 0.717) is 42.3 Å². The van der Waals surface area contributed by atoms with E-state index >= 15 is 0 Å². The number of nitrogens with zero attached hydrogens (tertiary/aromatic N) is 1. The van der Waals surface area contributed by atoms with Gasteiger partial charge in [-0.1, -0.05) is 19.1 Å². The van der Waals surface area contributed by atoms with Crippen LogP contribution in [-0.4, -0.2) is 41.5 Å². The summed E-state index contributed by atoms with van der Waals surface area (Å²) in [4.78, 5) is 26.7. The van der Waals surface area contributed by atoms with Crippen LogP contribution in [0.1, 0.15) is 47.9 Å². The smallest absolute Gasteiger partial charge is 0.261 e. The minimum atomic E-state index is -0.345. The molecule has 2 N–H and O–H groups in total. The quantitative estimate of drug-likeness (QED) is 0.638. The van der Waals surface area contributed by atoms with Gasteiger partial charge in [0.1, 0.15) is 5.75 Å². The van der Waals surface area contributed by atoms with E-state index in [4.69, 9.17) is 17.0 Å². The zero-order valence-corrected chi connectivity index (χ0v) is 17.8. The maximum absolute atomic E-state index is 12.5. The van der Waals surface area contributed by atoms with Crippen molar-refractivity contribution in [3.05, 3.63) is 59.7 Å². The monoisotopic (exact) mass is 413 g/mol. The van der Waals surface area contributed by atoms with Gasteiger partial charge in [-0.2, -0.15) is 0 Å². The second kappa shape index (κ2) is 11.2.